The minimum atomic E-state index is -0.327. The monoisotopic (exact) mass is 289 g/mol. The molecule has 1 aromatic heterocycles. The van der Waals surface area contributed by atoms with Gasteiger partial charge in [0, 0.05) is 6.54 Å². The quantitative estimate of drug-likeness (QED) is 0.732. The minimum Gasteiger partial charge on any atom is -0.486 e. The van der Waals surface area contributed by atoms with E-state index in [2.05, 4.69) is 17.0 Å². The van der Waals surface area contributed by atoms with Crippen molar-refractivity contribution in [3.63, 3.8) is 0 Å². The fourth-order valence-electron chi connectivity index (χ4n) is 1.85. The number of nitrogens with zero attached hydrogens (tertiary/aromatic N) is 3. The van der Waals surface area contributed by atoms with Gasteiger partial charge in [0.25, 0.3) is 0 Å². The molecule has 2 rings (SSSR count). The third-order valence-corrected chi connectivity index (χ3v) is 2.86. The lowest BCUT2D eigenvalue weighted by Crippen LogP contribution is -2.08. The summed E-state index contributed by atoms with van der Waals surface area (Å²) >= 11 is 0. The summed E-state index contributed by atoms with van der Waals surface area (Å²) in [6.45, 7) is 5.39. The predicted octanol–water partition coefficient (Wildman–Crippen LogP) is 2.44. The number of aromatic nitrogens is 3. The Bertz CT molecular complexity index is 578. The van der Waals surface area contributed by atoms with Crippen LogP contribution in [-0.2, 0) is 17.9 Å². The van der Waals surface area contributed by atoms with E-state index in [1.807, 2.05) is 4.68 Å². The van der Waals surface area contributed by atoms with Crippen molar-refractivity contribution in [2.75, 3.05) is 6.61 Å². The maximum atomic E-state index is 11.5. The van der Waals surface area contributed by atoms with Crippen LogP contribution < -0.4 is 4.74 Å². The molecule has 0 unspecified atom stereocenters. The van der Waals surface area contributed by atoms with Crippen LogP contribution >= 0.6 is 0 Å². The molecule has 0 aliphatic carbocycles. The van der Waals surface area contributed by atoms with Crippen LogP contribution in [0.3, 0.4) is 0 Å². The second-order valence-corrected chi connectivity index (χ2v) is 4.43. The fourth-order valence-corrected chi connectivity index (χ4v) is 1.85. The number of ether oxygens (including phenoxy) is 2. The molecule has 2 aromatic rings. The second-order valence-electron chi connectivity index (χ2n) is 4.43. The lowest BCUT2D eigenvalue weighted by molar-refractivity contribution is 0.0526. The molecule has 0 amide bonds. The molecular weight excluding hydrogens is 270 g/mol. The maximum Gasteiger partial charge on any atom is 0.338 e. The predicted molar refractivity (Wildman–Crippen MR) is 77.0 cm³/mol. The number of aryl methyl sites for hydroxylation is 1. The third kappa shape index (κ3) is 4.05. The van der Waals surface area contributed by atoms with E-state index in [1.165, 1.54) is 6.33 Å². The topological polar surface area (TPSA) is 66.2 Å². The molecule has 112 valence electrons. The van der Waals surface area contributed by atoms with Gasteiger partial charge in [-0.1, -0.05) is 6.92 Å². The van der Waals surface area contributed by atoms with Crippen LogP contribution in [0.1, 0.15) is 36.5 Å². The molecule has 0 radical (unpaired) electrons. The van der Waals surface area contributed by atoms with E-state index in [9.17, 15) is 4.79 Å². The van der Waals surface area contributed by atoms with Crippen LogP contribution in [0, 0.1) is 0 Å². The van der Waals surface area contributed by atoms with E-state index in [0.717, 1.165) is 18.8 Å². The molecule has 0 N–H and O–H groups in total. The summed E-state index contributed by atoms with van der Waals surface area (Å²) in [4.78, 5) is 15.7. The van der Waals surface area contributed by atoms with Gasteiger partial charge in [0.05, 0.1) is 12.2 Å². The van der Waals surface area contributed by atoms with Gasteiger partial charge in [0.2, 0.25) is 0 Å². The highest BCUT2D eigenvalue weighted by Gasteiger charge is 2.07. The smallest absolute Gasteiger partial charge is 0.338 e. The highest BCUT2D eigenvalue weighted by molar-refractivity contribution is 5.89. The SMILES string of the molecule is CCCn1ncnc1COc1ccc(C(=O)OCC)cc1. The number of benzene rings is 1. The molecule has 1 aromatic carbocycles. The van der Waals surface area contributed by atoms with Crippen LogP contribution in [0.25, 0.3) is 0 Å². The average molecular weight is 289 g/mol. The Kier molecular flexibility index (Phi) is 5.31. The van der Waals surface area contributed by atoms with Crippen molar-refractivity contribution in [2.45, 2.75) is 33.4 Å². The van der Waals surface area contributed by atoms with Gasteiger partial charge in [-0.05, 0) is 37.6 Å². The number of esters is 1. The zero-order valence-corrected chi connectivity index (χ0v) is 12.3. The van der Waals surface area contributed by atoms with Crippen LogP contribution in [0.2, 0.25) is 0 Å². The maximum absolute atomic E-state index is 11.5. The average Bonchev–Trinajstić information content (AvgIpc) is 2.94. The molecule has 0 spiro atoms. The van der Waals surface area contributed by atoms with Gasteiger partial charge in [-0.3, -0.25) is 0 Å². The highest BCUT2D eigenvalue weighted by atomic mass is 16.5. The lowest BCUT2D eigenvalue weighted by atomic mass is 10.2. The summed E-state index contributed by atoms with van der Waals surface area (Å²) in [5.41, 5.74) is 0.512. The first-order valence-corrected chi connectivity index (χ1v) is 7.01. The first-order chi connectivity index (χ1) is 10.2. The van der Waals surface area contributed by atoms with Crippen molar-refractivity contribution >= 4 is 5.97 Å². The van der Waals surface area contributed by atoms with Crippen molar-refractivity contribution in [1.82, 2.24) is 14.8 Å². The standard InChI is InChI=1S/C15H19N3O3/c1-3-9-18-14(16-11-17-18)10-21-13-7-5-12(6-8-13)15(19)20-4-2/h5-8,11H,3-4,9-10H2,1-2H3. The van der Waals surface area contributed by atoms with E-state index in [-0.39, 0.29) is 5.97 Å². The number of hydrogen-bond acceptors (Lipinski definition) is 5. The van der Waals surface area contributed by atoms with Crippen LogP contribution in [-0.4, -0.2) is 27.3 Å². The molecular formula is C15H19N3O3. The Labute approximate surface area is 123 Å². The van der Waals surface area contributed by atoms with Gasteiger partial charge in [-0.15, -0.1) is 0 Å². The zero-order valence-electron chi connectivity index (χ0n) is 12.3. The highest BCUT2D eigenvalue weighted by Crippen LogP contribution is 2.14. The van der Waals surface area contributed by atoms with E-state index < -0.39 is 0 Å². The van der Waals surface area contributed by atoms with E-state index >= 15 is 0 Å². The van der Waals surface area contributed by atoms with E-state index in [0.29, 0.717) is 24.5 Å². The number of carbonyl (C=O) groups excluding carboxylic acids is 1. The van der Waals surface area contributed by atoms with E-state index in [4.69, 9.17) is 9.47 Å². The summed E-state index contributed by atoms with van der Waals surface area (Å²) in [5, 5.41) is 4.14. The van der Waals surface area contributed by atoms with Gasteiger partial charge in [-0.2, -0.15) is 5.10 Å². The largest absolute Gasteiger partial charge is 0.486 e. The van der Waals surface area contributed by atoms with Crippen molar-refractivity contribution in [1.29, 1.82) is 0 Å². The van der Waals surface area contributed by atoms with Gasteiger partial charge < -0.3 is 9.47 Å². The summed E-state index contributed by atoms with van der Waals surface area (Å²) in [7, 11) is 0. The Morgan fingerprint density at radius 2 is 2.00 bits per heavy atom. The lowest BCUT2D eigenvalue weighted by Gasteiger charge is -2.08. The molecule has 6 heteroatoms. The minimum absolute atomic E-state index is 0.327. The van der Waals surface area contributed by atoms with Crippen molar-refractivity contribution in [3.05, 3.63) is 42.0 Å². The molecule has 0 aliphatic heterocycles. The second kappa shape index (κ2) is 7.42. The zero-order chi connectivity index (χ0) is 15.1. The molecule has 0 saturated carbocycles. The molecule has 6 nitrogen and oxygen atoms in total. The summed E-state index contributed by atoms with van der Waals surface area (Å²) in [5.74, 6) is 1.13. The van der Waals surface area contributed by atoms with Crippen molar-refractivity contribution < 1.29 is 14.3 Å². The van der Waals surface area contributed by atoms with Crippen molar-refractivity contribution in [2.24, 2.45) is 0 Å². The molecule has 0 fully saturated rings. The normalized spacial score (nSPS) is 10.4. The molecule has 0 atom stereocenters. The van der Waals surface area contributed by atoms with Gasteiger partial charge >= 0.3 is 5.97 Å². The first kappa shape index (κ1) is 15.0. The Balaban J connectivity index is 1.94. The fraction of sp³-hybridized carbons (Fsp3) is 0.400. The van der Waals surface area contributed by atoms with E-state index in [1.54, 1.807) is 31.2 Å². The molecule has 1 heterocycles. The molecule has 0 aliphatic rings. The number of carbonyl (C=O) groups is 1. The Hall–Kier alpha value is -2.37. The van der Waals surface area contributed by atoms with Crippen molar-refractivity contribution in [3.8, 4) is 5.75 Å². The van der Waals surface area contributed by atoms with Gasteiger partial charge in [-0.25, -0.2) is 14.5 Å². The molecule has 21 heavy (non-hydrogen) atoms. The van der Waals surface area contributed by atoms with Crippen LogP contribution in [0.15, 0.2) is 30.6 Å². The third-order valence-electron chi connectivity index (χ3n) is 2.86. The summed E-state index contributed by atoms with van der Waals surface area (Å²) < 4.78 is 12.4. The first-order valence-electron chi connectivity index (χ1n) is 7.01. The summed E-state index contributed by atoms with van der Waals surface area (Å²) in [6, 6.07) is 6.85. The number of rotatable bonds is 7. The van der Waals surface area contributed by atoms with Gasteiger partial charge in [0.1, 0.15) is 18.7 Å². The Morgan fingerprint density at radius 3 is 2.67 bits per heavy atom. The van der Waals surface area contributed by atoms with Gasteiger partial charge in [0.15, 0.2) is 5.82 Å². The number of hydrogen-bond donors (Lipinski definition) is 0. The molecule has 0 bridgehead atoms. The van der Waals surface area contributed by atoms with Crippen LogP contribution in [0.4, 0.5) is 0 Å². The molecule has 0 saturated heterocycles. The summed E-state index contributed by atoms with van der Waals surface area (Å²) in [6.07, 6.45) is 2.52. The Morgan fingerprint density at radius 1 is 1.24 bits per heavy atom. The van der Waals surface area contributed by atoms with Crippen LogP contribution in [0.5, 0.6) is 5.75 Å².